The molecule has 0 aliphatic carbocycles. The third kappa shape index (κ3) is 4.27. The highest BCUT2D eigenvalue weighted by atomic mass is 16.5. The first kappa shape index (κ1) is 13.3. The van der Waals surface area contributed by atoms with Gasteiger partial charge in [0.2, 0.25) is 0 Å². The Morgan fingerprint density at radius 3 is 2.83 bits per heavy atom. The Kier molecular flexibility index (Phi) is 5.42. The van der Waals surface area contributed by atoms with Crippen LogP contribution in [-0.4, -0.2) is 42.7 Å². The number of rotatable bonds is 7. The molecule has 0 spiro atoms. The van der Waals surface area contributed by atoms with Gasteiger partial charge in [-0.2, -0.15) is 0 Å². The molecule has 2 heterocycles. The number of nitrogens with zero attached hydrogens (tertiary/aromatic N) is 2. The summed E-state index contributed by atoms with van der Waals surface area (Å²) in [7, 11) is 0. The van der Waals surface area contributed by atoms with E-state index in [1.165, 1.54) is 25.9 Å². The third-order valence-corrected chi connectivity index (χ3v) is 3.23. The minimum absolute atomic E-state index is 0.758. The summed E-state index contributed by atoms with van der Waals surface area (Å²) >= 11 is 0. The molecule has 2 rings (SSSR count). The Bertz CT molecular complexity index is 333. The monoisotopic (exact) mass is 249 g/mol. The number of ether oxygens (including phenoxy) is 1. The van der Waals surface area contributed by atoms with E-state index in [1.807, 2.05) is 18.3 Å². The molecule has 0 atom stereocenters. The SMILES string of the molecule is CCNCc1ccc(OCCN2CCCC2)cn1. The molecule has 1 saturated heterocycles. The highest BCUT2D eigenvalue weighted by Crippen LogP contribution is 2.10. The van der Waals surface area contributed by atoms with E-state index in [2.05, 4.69) is 22.1 Å². The smallest absolute Gasteiger partial charge is 0.137 e. The fourth-order valence-corrected chi connectivity index (χ4v) is 2.15. The summed E-state index contributed by atoms with van der Waals surface area (Å²) in [4.78, 5) is 6.82. The number of likely N-dealkylation sites (tertiary alicyclic amines) is 1. The summed E-state index contributed by atoms with van der Waals surface area (Å²) < 4.78 is 5.70. The van der Waals surface area contributed by atoms with Crippen LogP contribution < -0.4 is 10.1 Å². The number of pyridine rings is 1. The van der Waals surface area contributed by atoms with Gasteiger partial charge in [0.05, 0.1) is 11.9 Å². The van der Waals surface area contributed by atoms with E-state index in [0.29, 0.717) is 0 Å². The van der Waals surface area contributed by atoms with Gasteiger partial charge in [0.15, 0.2) is 0 Å². The summed E-state index contributed by atoms with van der Waals surface area (Å²) in [6.45, 7) is 8.12. The number of nitrogens with one attached hydrogen (secondary N) is 1. The fourth-order valence-electron chi connectivity index (χ4n) is 2.15. The molecule has 0 amide bonds. The van der Waals surface area contributed by atoms with Crippen molar-refractivity contribution in [3.05, 3.63) is 24.0 Å². The van der Waals surface area contributed by atoms with Crippen molar-refractivity contribution in [2.24, 2.45) is 0 Å². The first-order valence-electron chi connectivity index (χ1n) is 6.89. The van der Waals surface area contributed by atoms with E-state index < -0.39 is 0 Å². The largest absolute Gasteiger partial charge is 0.491 e. The van der Waals surface area contributed by atoms with E-state index in [9.17, 15) is 0 Å². The standard InChI is InChI=1S/C14H23N3O/c1-2-15-11-13-5-6-14(12-16-13)18-10-9-17-7-3-4-8-17/h5-6,12,15H,2-4,7-11H2,1H3. The van der Waals surface area contributed by atoms with Crippen LogP contribution in [0.4, 0.5) is 0 Å². The maximum Gasteiger partial charge on any atom is 0.137 e. The molecule has 0 radical (unpaired) electrons. The number of hydrogen-bond acceptors (Lipinski definition) is 4. The van der Waals surface area contributed by atoms with Crippen LogP contribution in [0, 0.1) is 0 Å². The molecule has 1 aromatic heterocycles. The Balaban J connectivity index is 1.68. The lowest BCUT2D eigenvalue weighted by molar-refractivity contribution is 0.237. The van der Waals surface area contributed by atoms with Crippen LogP contribution >= 0.6 is 0 Å². The van der Waals surface area contributed by atoms with Crippen molar-refractivity contribution < 1.29 is 4.74 Å². The minimum Gasteiger partial charge on any atom is -0.491 e. The maximum absolute atomic E-state index is 5.70. The summed E-state index contributed by atoms with van der Waals surface area (Å²) in [5, 5.41) is 3.25. The average Bonchev–Trinajstić information content (AvgIpc) is 2.91. The van der Waals surface area contributed by atoms with Crippen molar-refractivity contribution in [2.75, 3.05) is 32.8 Å². The van der Waals surface area contributed by atoms with Gasteiger partial charge in [0.25, 0.3) is 0 Å². The number of hydrogen-bond donors (Lipinski definition) is 1. The summed E-state index contributed by atoms with van der Waals surface area (Å²) in [6, 6.07) is 4.03. The van der Waals surface area contributed by atoms with E-state index in [0.717, 1.165) is 37.7 Å². The zero-order valence-electron chi connectivity index (χ0n) is 11.2. The second-order valence-corrected chi connectivity index (χ2v) is 4.66. The van der Waals surface area contributed by atoms with Crippen LogP contribution in [0.3, 0.4) is 0 Å². The highest BCUT2D eigenvalue weighted by Gasteiger charge is 2.10. The van der Waals surface area contributed by atoms with Gasteiger partial charge in [-0.15, -0.1) is 0 Å². The molecule has 4 heteroatoms. The normalized spacial score (nSPS) is 16.1. The quantitative estimate of drug-likeness (QED) is 0.797. The summed E-state index contributed by atoms with van der Waals surface area (Å²) in [5.41, 5.74) is 1.06. The van der Waals surface area contributed by atoms with Gasteiger partial charge in [-0.3, -0.25) is 9.88 Å². The molecule has 18 heavy (non-hydrogen) atoms. The van der Waals surface area contributed by atoms with Gasteiger partial charge in [0, 0.05) is 13.1 Å². The van der Waals surface area contributed by atoms with Crippen LogP contribution in [0.15, 0.2) is 18.3 Å². The molecule has 4 nitrogen and oxygen atoms in total. The lowest BCUT2D eigenvalue weighted by Gasteiger charge is -2.14. The van der Waals surface area contributed by atoms with Crippen molar-refractivity contribution in [1.29, 1.82) is 0 Å². The molecule has 0 bridgehead atoms. The van der Waals surface area contributed by atoms with Crippen LogP contribution in [0.25, 0.3) is 0 Å². The highest BCUT2D eigenvalue weighted by molar-refractivity contribution is 5.19. The maximum atomic E-state index is 5.70. The predicted octanol–water partition coefficient (Wildman–Crippen LogP) is 1.67. The first-order valence-corrected chi connectivity index (χ1v) is 6.89. The molecule has 1 aliphatic rings. The lowest BCUT2D eigenvalue weighted by atomic mass is 10.3. The summed E-state index contributed by atoms with van der Waals surface area (Å²) in [6.07, 6.45) is 4.48. The van der Waals surface area contributed by atoms with E-state index in [1.54, 1.807) is 0 Å². The second-order valence-electron chi connectivity index (χ2n) is 4.66. The molecule has 0 saturated carbocycles. The van der Waals surface area contributed by atoms with Gasteiger partial charge in [-0.1, -0.05) is 6.92 Å². The molecular formula is C14H23N3O. The minimum atomic E-state index is 0.758. The van der Waals surface area contributed by atoms with Gasteiger partial charge in [0.1, 0.15) is 12.4 Å². The summed E-state index contributed by atoms with van der Waals surface area (Å²) in [5.74, 6) is 0.870. The Morgan fingerprint density at radius 1 is 1.33 bits per heavy atom. The molecule has 1 aliphatic heterocycles. The van der Waals surface area contributed by atoms with Crippen LogP contribution in [0.1, 0.15) is 25.5 Å². The second kappa shape index (κ2) is 7.34. The Labute approximate surface area is 109 Å². The first-order chi connectivity index (χ1) is 8.88. The molecule has 1 aromatic rings. The van der Waals surface area contributed by atoms with E-state index in [-0.39, 0.29) is 0 Å². The Morgan fingerprint density at radius 2 is 2.17 bits per heavy atom. The zero-order chi connectivity index (χ0) is 12.6. The Hall–Kier alpha value is -1.13. The van der Waals surface area contributed by atoms with Gasteiger partial charge in [-0.25, -0.2) is 0 Å². The third-order valence-electron chi connectivity index (χ3n) is 3.23. The molecule has 100 valence electrons. The predicted molar refractivity (Wildman–Crippen MR) is 72.8 cm³/mol. The molecule has 1 N–H and O–H groups in total. The topological polar surface area (TPSA) is 37.4 Å². The van der Waals surface area contributed by atoms with E-state index in [4.69, 9.17) is 4.74 Å². The van der Waals surface area contributed by atoms with Crippen molar-refractivity contribution in [2.45, 2.75) is 26.3 Å². The molecule has 1 fully saturated rings. The molecule has 0 unspecified atom stereocenters. The van der Waals surface area contributed by atoms with E-state index >= 15 is 0 Å². The molecule has 0 aromatic carbocycles. The fraction of sp³-hybridized carbons (Fsp3) is 0.643. The molecular weight excluding hydrogens is 226 g/mol. The van der Waals surface area contributed by atoms with Gasteiger partial charge >= 0.3 is 0 Å². The number of aromatic nitrogens is 1. The van der Waals surface area contributed by atoms with Crippen LogP contribution in [0.2, 0.25) is 0 Å². The zero-order valence-corrected chi connectivity index (χ0v) is 11.2. The van der Waals surface area contributed by atoms with Gasteiger partial charge < -0.3 is 10.1 Å². The van der Waals surface area contributed by atoms with Crippen LogP contribution in [-0.2, 0) is 6.54 Å². The van der Waals surface area contributed by atoms with Gasteiger partial charge in [-0.05, 0) is 44.6 Å². The van der Waals surface area contributed by atoms with Crippen molar-refractivity contribution in [3.8, 4) is 5.75 Å². The van der Waals surface area contributed by atoms with Crippen LogP contribution in [0.5, 0.6) is 5.75 Å². The van der Waals surface area contributed by atoms with Crippen molar-refractivity contribution in [3.63, 3.8) is 0 Å². The average molecular weight is 249 g/mol. The van der Waals surface area contributed by atoms with Crippen molar-refractivity contribution in [1.82, 2.24) is 15.2 Å². The van der Waals surface area contributed by atoms with Crippen molar-refractivity contribution >= 4 is 0 Å². The lowest BCUT2D eigenvalue weighted by Crippen LogP contribution is -2.25.